The third-order valence-corrected chi connectivity index (χ3v) is 5.54. The zero-order valence-electron chi connectivity index (χ0n) is 17.8. The number of hydrogen-bond donors (Lipinski definition) is 1. The Kier molecular flexibility index (Phi) is 7.14. The predicted molar refractivity (Wildman–Crippen MR) is 124 cm³/mol. The highest BCUT2D eigenvalue weighted by Gasteiger charge is 2.15. The molecule has 0 radical (unpaired) electrons. The van der Waals surface area contributed by atoms with E-state index in [0.717, 1.165) is 41.2 Å². The van der Waals surface area contributed by atoms with Crippen molar-refractivity contribution >= 4 is 11.6 Å². The van der Waals surface area contributed by atoms with Gasteiger partial charge in [-0.1, -0.05) is 66.2 Å². The molecule has 0 bridgehead atoms. The van der Waals surface area contributed by atoms with E-state index < -0.39 is 0 Å². The Hall–Kier alpha value is -3.22. The average Bonchev–Trinajstić information content (AvgIpc) is 3.23. The molecule has 7 heteroatoms. The fraction of sp³-hybridized carbons (Fsp3) is 0.200. The number of methoxy groups -OCH3 is 1. The lowest BCUT2D eigenvalue weighted by atomic mass is 10.1. The van der Waals surface area contributed by atoms with Crippen LogP contribution in [0.5, 0.6) is 5.75 Å². The van der Waals surface area contributed by atoms with Gasteiger partial charge < -0.3 is 10.1 Å². The summed E-state index contributed by atoms with van der Waals surface area (Å²) in [5.41, 5.74) is 4.04. The van der Waals surface area contributed by atoms with Crippen LogP contribution < -0.4 is 10.1 Å². The molecule has 0 atom stereocenters. The first-order valence-electron chi connectivity index (χ1n) is 10.4. The molecule has 0 aliphatic carbocycles. The Bertz CT molecular complexity index is 1160. The average molecular weight is 451 g/mol. The van der Waals surface area contributed by atoms with Crippen molar-refractivity contribution in [1.29, 1.82) is 0 Å². The highest BCUT2D eigenvalue weighted by molar-refractivity contribution is 6.31. The van der Waals surface area contributed by atoms with Crippen molar-refractivity contribution in [3.05, 3.63) is 100 Å². The second-order valence-corrected chi connectivity index (χ2v) is 7.74. The maximum Gasteiger partial charge on any atom is 0.129 e. The van der Waals surface area contributed by atoms with Crippen LogP contribution in [0.4, 0.5) is 4.39 Å². The fourth-order valence-electron chi connectivity index (χ4n) is 3.56. The van der Waals surface area contributed by atoms with Gasteiger partial charge in [-0.15, -0.1) is 0 Å². The molecule has 0 saturated heterocycles. The van der Waals surface area contributed by atoms with Crippen LogP contribution in [0.1, 0.15) is 16.8 Å². The topological polar surface area (TPSA) is 52.0 Å². The van der Waals surface area contributed by atoms with Gasteiger partial charge in [0.25, 0.3) is 0 Å². The highest BCUT2D eigenvalue weighted by Crippen LogP contribution is 2.23. The van der Waals surface area contributed by atoms with Gasteiger partial charge in [0.15, 0.2) is 0 Å². The smallest absolute Gasteiger partial charge is 0.129 e. The second-order valence-electron chi connectivity index (χ2n) is 7.33. The Balaban J connectivity index is 1.51. The van der Waals surface area contributed by atoms with Crippen LogP contribution in [0.15, 0.2) is 72.8 Å². The lowest BCUT2D eigenvalue weighted by Gasteiger charge is -2.08. The summed E-state index contributed by atoms with van der Waals surface area (Å²) >= 11 is 6.20. The van der Waals surface area contributed by atoms with Crippen LogP contribution in [0, 0.1) is 5.82 Å². The van der Waals surface area contributed by atoms with Gasteiger partial charge in [0, 0.05) is 22.7 Å². The first-order valence-corrected chi connectivity index (χ1v) is 10.8. The van der Waals surface area contributed by atoms with E-state index >= 15 is 0 Å². The van der Waals surface area contributed by atoms with Crippen molar-refractivity contribution in [2.24, 2.45) is 0 Å². The van der Waals surface area contributed by atoms with E-state index in [1.807, 2.05) is 48.5 Å². The molecule has 0 amide bonds. The van der Waals surface area contributed by atoms with Gasteiger partial charge >= 0.3 is 0 Å². The van der Waals surface area contributed by atoms with E-state index in [1.54, 1.807) is 19.2 Å². The number of para-hydroxylation sites is 1. The molecule has 1 heterocycles. The lowest BCUT2D eigenvalue weighted by molar-refractivity contribution is 0.409. The van der Waals surface area contributed by atoms with Crippen LogP contribution in [-0.2, 0) is 19.5 Å². The molecule has 0 fully saturated rings. The minimum Gasteiger partial charge on any atom is -0.496 e. The molecule has 0 unspecified atom stereocenters. The van der Waals surface area contributed by atoms with Crippen LogP contribution in [0.25, 0.3) is 11.3 Å². The van der Waals surface area contributed by atoms with Crippen LogP contribution in [-0.4, -0.2) is 28.6 Å². The van der Waals surface area contributed by atoms with Crippen LogP contribution >= 0.6 is 11.6 Å². The molecule has 4 aromatic rings. The zero-order valence-corrected chi connectivity index (χ0v) is 18.5. The fourth-order valence-corrected chi connectivity index (χ4v) is 3.78. The van der Waals surface area contributed by atoms with E-state index in [4.69, 9.17) is 16.3 Å². The van der Waals surface area contributed by atoms with Gasteiger partial charge in [-0.25, -0.2) is 4.39 Å². The predicted octanol–water partition coefficient (Wildman–Crippen LogP) is 5.13. The number of nitrogens with zero attached hydrogens (tertiary/aromatic N) is 3. The van der Waals surface area contributed by atoms with Gasteiger partial charge in [-0.05, 0) is 36.7 Å². The molecular formula is C25H24ClFN4O. The molecule has 0 saturated carbocycles. The summed E-state index contributed by atoms with van der Waals surface area (Å²) in [6.45, 7) is 1.44. The number of nitrogens with one attached hydrogen (secondary N) is 1. The van der Waals surface area contributed by atoms with Gasteiger partial charge in [-0.3, -0.25) is 0 Å². The Morgan fingerprint density at radius 1 is 0.969 bits per heavy atom. The van der Waals surface area contributed by atoms with Gasteiger partial charge in [0.2, 0.25) is 0 Å². The maximum absolute atomic E-state index is 14.3. The monoisotopic (exact) mass is 450 g/mol. The van der Waals surface area contributed by atoms with E-state index in [9.17, 15) is 4.39 Å². The molecule has 0 aliphatic rings. The minimum atomic E-state index is -0.368. The quantitative estimate of drug-likeness (QED) is 0.359. The lowest BCUT2D eigenvalue weighted by Crippen LogP contribution is -2.18. The third-order valence-electron chi connectivity index (χ3n) is 5.19. The van der Waals surface area contributed by atoms with E-state index in [1.165, 1.54) is 10.9 Å². The molecule has 32 heavy (non-hydrogen) atoms. The molecule has 0 spiro atoms. The van der Waals surface area contributed by atoms with Crippen LogP contribution in [0.2, 0.25) is 5.02 Å². The number of benzene rings is 3. The van der Waals surface area contributed by atoms with E-state index in [2.05, 4.69) is 21.6 Å². The standard InChI is InChI=1S/C25H24ClFN4O/c1-32-24-13-6-5-8-18(24)14-15-28-16-23-25(19-9-3-2-4-10-19)30-31(29-23)17-20-21(26)11-7-12-22(20)27/h2-13,28H,14-17H2,1H3. The molecule has 4 rings (SSSR count). The summed E-state index contributed by atoms with van der Waals surface area (Å²) in [6, 6.07) is 22.5. The summed E-state index contributed by atoms with van der Waals surface area (Å²) in [5, 5.41) is 13.1. The second kappa shape index (κ2) is 10.4. The molecular weight excluding hydrogens is 427 g/mol. The highest BCUT2D eigenvalue weighted by atomic mass is 35.5. The molecule has 0 aliphatic heterocycles. The van der Waals surface area contributed by atoms with Crippen molar-refractivity contribution in [3.63, 3.8) is 0 Å². The normalized spacial score (nSPS) is 11.0. The molecule has 5 nitrogen and oxygen atoms in total. The summed E-state index contributed by atoms with van der Waals surface area (Å²) in [7, 11) is 1.68. The van der Waals surface area contributed by atoms with Crippen molar-refractivity contribution in [2.45, 2.75) is 19.5 Å². The number of rotatable bonds is 9. The number of halogens is 2. The van der Waals surface area contributed by atoms with Crippen molar-refractivity contribution < 1.29 is 9.13 Å². The molecule has 3 aromatic carbocycles. The van der Waals surface area contributed by atoms with Gasteiger partial charge in [0.1, 0.15) is 23.0 Å². The number of aromatic nitrogens is 3. The maximum atomic E-state index is 14.3. The third kappa shape index (κ3) is 5.15. The van der Waals surface area contributed by atoms with Crippen molar-refractivity contribution in [1.82, 2.24) is 20.3 Å². The summed E-state index contributed by atoms with van der Waals surface area (Å²) in [4.78, 5) is 1.50. The van der Waals surface area contributed by atoms with E-state index in [0.29, 0.717) is 17.1 Å². The van der Waals surface area contributed by atoms with Crippen molar-refractivity contribution in [3.8, 4) is 17.0 Å². The molecule has 164 valence electrons. The SMILES string of the molecule is COc1ccccc1CCNCc1nn(Cc2c(F)cccc2Cl)nc1-c1ccccc1. The molecule has 1 N–H and O–H groups in total. The number of ether oxygens (including phenoxy) is 1. The largest absolute Gasteiger partial charge is 0.496 e. The summed E-state index contributed by atoms with van der Waals surface area (Å²) in [6.07, 6.45) is 0.823. The number of hydrogen-bond acceptors (Lipinski definition) is 4. The zero-order chi connectivity index (χ0) is 22.3. The van der Waals surface area contributed by atoms with Gasteiger partial charge in [-0.2, -0.15) is 15.0 Å². The Morgan fingerprint density at radius 3 is 2.53 bits per heavy atom. The Morgan fingerprint density at radius 2 is 1.75 bits per heavy atom. The first kappa shape index (κ1) is 22.0. The van der Waals surface area contributed by atoms with Crippen molar-refractivity contribution in [2.75, 3.05) is 13.7 Å². The minimum absolute atomic E-state index is 0.159. The molecule has 1 aromatic heterocycles. The Labute approximate surface area is 191 Å². The summed E-state index contributed by atoms with van der Waals surface area (Å²) in [5.74, 6) is 0.513. The van der Waals surface area contributed by atoms with Crippen LogP contribution in [0.3, 0.4) is 0 Å². The van der Waals surface area contributed by atoms with Gasteiger partial charge in [0.05, 0.1) is 13.7 Å². The first-order chi connectivity index (χ1) is 15.7. The van der Waals surface area contributed by atoms with E-state index in [-0.39, 0.29) is 12.4 Å². The summed E-state index contributed by atoms with van der Waals surface area (Å²) < 4.78 is 19.7.